The number of hydrogen-bond donors (Lipinski definition) is 2. The van der Waals surface area contributed by atoms with Gasteiger partial charge in [0.25, 0.3) is 0 Å². The van der Waals surface area contributed by atoms with E-state index >= 15 is 0 Å². The Kier molecular flexibility index (Phi) is 6.77. The lowest BCUT2D eigenvalue weighted by Gasteiger charge is -2.12. The summed E-state index contributed by atoms with van der Waals surface area (Å²) in [6.07, 6.45) is 1.64. The summed E-state index contributed by atoms with van der Waals surface area (Å²) in [6, 6.07) is 13.9. The Morgan fingerprint density at radius 3 is 2.56 bits per heavy atom. The predicted octanol–water partition coefficient (Wildman–Crippen LogP) is 3.56. The van der Waals surface area contributed by atoms with Gasteiger partial charge in [0, 0.05) is 5.56 Å². The van der Waals surface area contributed by atoms with Crippen LogP contribution < -0.4 is 20.6 Å². The molecule has 0 aliphatic heterocycles. The maximum Gasteiger partial charge on any atom is 0.184 e. The third kappa shape index (κ3) is 5.76. The van der Waals surface area contributed by atoms with Crippen LogP contribution in [0.25, 0.3) is 0 Å². The lowest BCUT2D eigenvalue weighted by atomic mass is 10.0. The van der Waals surface area contributed by atoms with E-state index in [0.29, 0.717) is 12.5 Å². The number of nitrogens with zero attached hydrogens (tertiary/aromatic N) is 1. The van der Waals surface area contributed by atoms with Crippen molar-refractivity contribution in [2.24, 2.45) is 10.8 Å². The minimum absolute atomic E-state index is 0.123. The first-order valence-electron chi connectivity index (χ1n) is 7.97. The minimum Gasteiger partial charge on any atom is -0.496 e. The zero-order valence-electron chi connectivity index (χ0n) is 14.7. The van der Waals surface area contributed by atoms with E-state index in [4.69, 9.17) is 27.4 Å². The van der Waals surface area contributed by atoms with E-state index in [1.165, 1.54) is 5.56 Å². The predicted molar refractivity (Wildman–Crippen MR) is 105 cm³/mol. The van der Waals surface area contributed by atoms with Gasteiger partial charge in [-0.2, -0.15) is 5.10 Å². The lowest BCUT2D eigenvalue weighted by molar-refractivity contribution is 0.296. The van der Waals surface area contributed by atoms with Crippen LogP contribution >= 0.6 is 12.2 Å². The molecular formula is C19H23N3O2S. The van der Waals surface area contributed by atoms with Gasteiger partial charge in [0.2, 0.25) is 0 Å². The van der Waals surface area contributed by atoms with Crippen LogP contribution in [-0.4, -0.2) is 18.4 Å². The molecule has 0 heterocycles. The maximum absolute atomic E-state index is 5.89. The fourth-order valence-electron chi connectivity index (χ4n) is 2.27. The van der Waals surface area contributed by atoms with E-state index in [0.717, 1.165) is 22.6 Å². The smallest absolute Gasteiger partial charge is 0.184 e. The molecule has 0 amide bonds. The minimum atomic E-state index is 0.123. The molecule has 0 radical (unpaired) electrons. The number of nitrogens with one attached hydrogen (secondary N) is 1. The van der Waals surface area contributed by atoms with E-state index in [9.17, 15) is 0 Å². The number of benzene rings is 2. The van der Waals surface area contributed by atoms with Crippen molar-refractivity contribution in [3.8, 4) is 11.5 Å². The third-order valence-electron chi connectivity index (χ3n) is 3.63. The molecule has 0 spiro atoms. The zero-order valence-corrected chi connectivity index (χ0v) is 15.5. The fourth-order valence-corrected chi connectivity index (χ4v) is 2.32. The van der Waals surface area contributed by atoms with E-state index in [-0.39, 0.29) is 5.11 Å². The SMILES string of the molecule is COc1ccc(C=NNC(N)=S)cc1COc1ccc(C(C)C)cc1. The highest BCUT2D eigenvalue weighted by atomic mass is 32.1. The van der Waals surface area contributed by atoms with E-state index < -0.39 is 0 Å². The summed E-state index contributed by atoms with van der Waals surface area (Å²) in [5.74, 6) is 2.08. The molecule has 0 saturated heterocycles. The topological polar surface area (TPSA) is 68.9 Å². The van der Waals surface area contributed by atoms with Crippen LogP contribution in [0, 0.1) is 0 Å². The summed E-state index contributed by atoms with van der Waals surface area (Å²) in [5.41, 5.74) is 11.0. The van der Waals surface area contributed by atoms with Crippen molar-refractivity contribution >= 4 is 23.5 Å². The molecular weight excluding hydrogens is 334 g/mol. The van der Waals surface area contributed by atoms with E-state index in [2.05, 4.69) is 36.5 Å². The molecule has 2 rings (SSSR count). The molecule has 0 saturated carbocycles. The van der Waals surface area contributed by atoms with Crippen LogP contribution in [0.5, 0.6) is 11.5 Å². The van der Waals surface area contributed by atoms with Gasteiger partial charge < -0.3 is 15.2 Å². The van der Waals surface area contributed by atoms with Crippen LogP contribution in [0.4, 0.5) is 0 Å². The van der Waals surface area contributed by atoms with Crippen LogP contribution in [-0.2, 0) is 6.61 Å². The summed E-state index contributed by atoms with van der Waals surface area (Å²) < 4.78 is 11.3. The molecule has 0 aromatic heterocycles. The Hall–Kier alpha value is -2.60. The second-order valence-corrected chi connectivity index (χ2v) is 6.26. The van der Waals surface area contributed by atoms with Crippen LogP contribution in [0.2, 0.25) is 0 Å². The van der Waals surface area contributed by atoms with Gasteiger partial charge in [-0.25, -0.2) is 0 Å². The summed E-state index contributed by atoms with van der Waals surface area (Å²) in [6.45, 7) is 4.73. The molecule has 2 aromatic rings. The molecule has 5 nitrogen and oxygen atoms in total. The number of rotatable bonds is 7. The summed E-state index contributed by atoms with van der Waals surface area (Å²) in [7, 11) is 1.64. The average Bonchev–Trinajstić information content (AvgIpc) is 2.60. The maximum atomic E-state index is 5.89. The zero-order chi connectivity index (χ0) is 18.2. The monoisotopic (exact) mass is 357 g/mol. The number of nitrogens with two attached hydrogens (primary N) is 1. The second-order valence-electron chi connectivity index (χ2n) is 5.82. The largest absolute Gasteiger partial charge is 0.496 e. The number of hydrazone groups is 1. The summed E-state index contributed by atoms with van der Waals surface area (Å²) in [4.78, 5) is 0. The lowest BCUT2D eigenvalue weighted by Crippen LogP contribution is -2.24. The first-order chi connectivity index (χ1) is 12.0. The van der Waals surface area contributed by atoms with E-state index in [1.807, 2.05) is 30.3 Å². The van der Waals surface area contributed by atoms with Gasteiger partial charge in [-0.3, -0.25) is 5.43 Å². The van der Waals surface area contributed by atoms with Crippen molar-refractivity contribution in [3.05, 3.63) is 59.2 Å². The van der Waals surface area contributed by atoms with Crippen molar-refractivity contribution in [1.29, 1.82) is 0 Å². The quantitative estimate of drug-likeness (QED) is 0.450. The molecule has 0 aliphatic rings. The van der Waals surface area contributed by atoms with Crippen molar-refractivity contribution in [3.63, 3.8) is 0 Å². The number of hydrogen-bond acceptors (Lipinski definition) is 4. The van der Waals surface area contributed by atoms with Gasteiger partial charge in [0.1, 0.15) is 18.1 Å². The van der Waals surface area contributed by atoms with Gasteiger partial charge in [0.05, 0.1) is 13.3 Å². The van der Waals surface area contributed by atoms with Crippen molar-refractivity contribution in [2.75, 3.05) is 7.11 Å². The highest BCUT2D eigenvalue weighted by Crippen LogP contribution is 2.23. The fraction of sp³-hybridized carbons (Fsp3) is 0.263. The normalized spacial score (nSPS) is 10.9. The van der Waals surface area contributed by atoms with Crippen LogP contribution in [0.3, 0.4) is 0 Å². The molecule has 132 valence electrons. The van der Waals surface area contributed by atoms with Crippen LogP contribution in [0.1, 0.15) is 36.5 Å². The molecule has 2 aromatic carbocycles. The molecule has 25 heavy (non-hydrogen) atoms. The summed E-state index contributed by atoms with van der Waals surface area (Å²) in [5, 5.41) is 4.08. The average molecular weight is 357 g/mol. The van der Waals surface area contributed by atoms with Gasteiger partial charge >= 0.3 is 0 Å². The Balaban J connectivity index is 2.08. The molecule has 3 N–H and O–H groups in total. The molecule has 6 heteroatoms. The molecule has 0 atom stereocenters. The number of ether oxygens (including phenoxy) is 2. The summed E-state index contributed by atoms with van der Waals surface area (Å²) >= 11 is 4.71. The first-order valence-corrected chi connectivity index (χ1v) is 8.38. The van der Waals surface area contributed by atoms with Crippen LogP contribution in [0.15, 0.2) is 47.6 Å². The Morgan fingerprint density at radius 2 is 1.96 bits per heavy atom. The van der Waals surface area contributed by atoms with Gasteiger partial charge in [-0.1, -0.05) is 26.0 Å². The van der Waals surface area contributed by atoms with Crippen molar-refractivity contribution in [1.82, 2.24) is 5.43 Å². The Morgan fingerprint density at radius 1 is 1.24 bits per heavy atom. The van der Waals surface area contributed by atoms with E-state index in [1.54, 1.807) is 13.3 Å². The molecule has 0 fully saturated rings. The van der Waals surface area contributed by atoms with Crippen molar-refractivity contribution < 1.29 is 9.47 Å². The Bertz CT molecular complexity index is 743. The number of methoxy groups -OCH3 is 1. The standard InChI is InChI=1S/C19H23N3O2S/c1-13(2)15-5-7-17(8-6-15)24-12-16-10-14(4-9-18(16)23-3)11-21-22-19(20)25/h4-11,13H,12H2,1-3H3,(H3,20,22,25). The molecule has 0 bridgehead atoms. The Labute approximate surface area is 153 Å². The number of thiocarbonyl (C=S) groups is 1. The van der Waals surface area contributed by atoms with Gasteiger partial charge in [0.15, 0.2) is 5.11 Å². The highest BCUT2D eigenvalue weighted by Gasteiger charge is 2.06. The van der Waals surface area contributed by atoms with Gasteiger partial charge in [-0.15, -0.1) is 0 Å². The molecule has 0 aliphatic carbocycles. The van der Waals surface area contributed by atoms with Gasteiger partial charge in [-0.05, 0) is 59.6 Å². The van der Waals surface area contributed by atoms with Crippen molar-refractivity contribution in [2.45, 2.75) is 26.4 Å². The third-order valence-corrected chi connectivity index (χ3v) is 3.73. The second kappa shape index (κ2) is 9.03. The first kappa shape index (κ1) is 18.7. The molecule has 0 unspecified atom stereocenters. The highest BCUT2D eigenvalue weighted by molar-refractivity contribution is 7.80.